The van der Waals surface area contributed by atoms with Crippen molar-refractivity contribution in [2.75, 3.05) is 11.4 Å². The predicted octanol–water partition coefficient (Wildman–Crippen LogP) is 4.22. The summed E-state index contributed by atoms with van der Waals surface area (Å²) >= 11 is 0. The number of benzene rings is 2. The fraction of sp³-hybridized carbons (Fsp3) is 0.261. The smallest absolute Gasteiger partial charge is 0.241 e. The first-order valence-corrected chi connectivity index (χ1v) is 9.45. The topological polar surface area (TPSA) is 37.3 Å². The van der Waals surface area contributed by atoms with Gasteiger partial charge in [0.2, 0.25) is 5.91 Å². The number of nitrogens with zero attached hydrogens (tertiary/aromatic N) is 2. The van der Waals surface area contributed by atoms with Crippen LogP contribution < -0.4 is 10.2 Å². The molecule has 0 bridgehead atoms. The summed E-state index contributed by atoms with van der Waals surface area (Å²) in [6, 6.07) is 20.9. The molecular weight excluding hydrogens is 334 g/mol. The normalized spacial score (nSPS) is 15.6. The second kappa shape index (κ2) is 7.05. The Hall–Kier alpha value is -2.85. The lowest BCUT2D eigenvalue weighted by atomic mass is 9.97. The van der Waals surface area contributed by atoms with Crippen LogP contribution in [0.1, 0.15) is 36.7 Å². The van der Waals surface area contributed by atoms with Gasteiger partial charge in [0.15, 0.2) is 0 Å². The van der Waals surface area contributed by atoms with Crippen LogP contribution in [0.3, 0.4) is 0 Å². The minimum Gasteiger partial charge on any atom is -0.316 e. The molecule has 0 aliphatic carbocycles. The maximum atomic E-state index is 13.3. The van der Waals surface area contributed by atoms with Crippen LogP contribution in [0.4, 0.5) is 5.69 Å². The van der Waals surface area contributed by atoms with E-state index in [2.05, 4.69) is 73.3 Å². The summed E-state index contributed by atoms with van der Waals surface area (Å²) in [5, 5.41) is 3.27. The molecule has 1 N–H and O–H groups in total. The maximum Gasteiger partial charge on any atom is 0.241 e. The van der Waals surface area contributed by atoms with E-state index in [1.165, 1.54) is 5.56 Å². The standard InChI is InChI=1S/C23H25N3O/c1-16(2)24-15-22(27)26-20-8-5-4-7-19(20)25-14-6-9-21(25)23(26)18-12-10-17(3)11-13-18/h4-14,16,23-24H,15H2,1-3H3. The van der Waals surface area contributed by atoms with Crippen LogP contribution in [0.15, 0.2) is 66.9 Å². The van der Waals surface area contributed by atoms with Gasteiger partial charge in [-0.15, -0.1) is 0 Å². The summed E-state index contributed by atoms with van der Waals surface area (Å²) in [6.45, 7) is 6.51. The van der Waals surface area contributed by atoms with Crippen molar-refractivity contribution in [2.45, 2.75) is 32.9 Å². The number of nitrogens with one attached hydrogen (secondary N) is 1. The molecule has 4 nitrogen and oxygen atoms in total. The highest BCUT2D eigenvalue weighted by Gasteiger charge is 2.35. The van der Waals surface area contributed by atoms with E-state index < -0.39 is 0 Å². The lowest BCUT2D eigenvalue weighted by molar-refractivity contribution is -0.118. The molecule has 1 aliphatic heterocycles. The van der Waals surface area contributed by atoms with Crippen molar-refractivity contribution in [1.82, 2.24) is 9.88 Å². The molecule has 2 heterocycles. The van der Waals surface area contributed by atoms with E-state index in [1.54, 1.807) is 0 Å². The van der Waals surface area contributed by atoms with Gasteiger partial charge < -0.3 is 9.88 Å². The number of fused-ring (bicyclic) bond motifs is 3. The van der Waals surface area contributed by atoms with Crippen molar-refractivity contribution in [2.24, 2.45) is 0 Å². The second-order valence-electron chi connectivity index (χ2n) is 7.40. The van der Waals surface area contributed by atoms with Gasteiger partial charge in [0.05, 0.1) is 23.6 Å². The third-order valence-corrected chi connectivity index (χ3v) is 5.04. The van der Waals surface area contributed by atoms with Crippen LogP contribution in [-0.4, -0.2) is 23.1 Å². The number of carbonyl (C=O) groups is 1. The summed E-state index contributed by atoms with van der Waals surface area (Å²) in [5.74, 6) is 0.0779. The van der Waals surface area contributed by atoms with Crippen molar-refractivity contribution >= 4 is 11.6 Å². The van der Waals surface area contributed by atoms with Crippen molar-refractivity contribution < 1.29 is 4.79 Å². The zero-order chi connectivity index (χ0) is 19.0. The van der Waals surface area contributed by atoms with Gasteiger partial charge in [-0.1, -0.05) is 55.8 Å². The summed E-state index contributed by atoms with van der Waals surface area (Å²) < 4.78 is 2.19. The average molecular weight is 359 g/mol. The minimum absolute atomic E-state index is 0.0779. The van der Waals surface area contributed by atoms with Gasteiger partial charge in [0.25, 0.3) is 0 Å². The number of aryl methyl sites for hydroxylation is 1. The Morgan fingerprint density at radius 3 is 2.41 bits per heavy atom. The lowest BCUT2D eigenvalue weighted by Crippen LogP contribution is -2.45. The van der Waals surface area contributed by atoms with Gasteiger partial charge >= 0.3 is 0 Å². The van der Waals surface area contributed by atoms with Crippen molar-refractivity contribution in [3.8, 4) is 5.69 Å². The van der Waals surface area contributed by atoms with E-state index in [1.807, 2.05) is 29.2 Å². The monoisotopic (exact) mass is 359 g/mol. The molecule has 1 aromatic heterocycles. The number of hydrogen-bond donors (Lipinski definition) is 1. The Morgan fingerprint density at radius 2 is 1.70 bits per heavy atom. The van der Waals surface area contributed by atoms with Gasteiger partial charge in [-0.25, -0.2) is 0 Å². The Balaban J connectivity index is 1.86. The zero-order valence-electron chi connectivity index (χ0n) is 16.0. The highest BCUT2D eigenvalue weighted by molar-refractivity contribution is 5.99. The number of amides is 1. The van der Waals surface area contributed by atoms with Crippen molar-refractivity contribution in [1.29, 1.82) is 0 Å². The molecule has 4 heteroatoms. The maximum absolute atomic E-state index is 13.3. The number of anilines is 1. The van der Waals surface area contributed by atoms with Crippen LogP contribution in [0.5, 0.6) is 0 Å². The lowest BCUT2D eigenvalue weighted by Gasteiger charge is -2.38. The van der Waals surface area contributed by atoms with Crippen LogP contribution in [0, 0.1) is 6.92 Å². The Bertz CT molecular complexity index is 956. The van der Waals surface area contributed by atoms with Crippen molar-refractivity contribution in [3.63, 3.8) is 0 Å². The first-order valence-electron chi connectivity index (χ1n) is 9.45. The molecule has 27 heavy (non-hydrogen) atoms. The number of aromatic nitrogens is 1. The molecule has 2 aromatic carbocycles. The largest absolute Gasteiger partial charge is 0.316 e. The highest BCUT2D eigenvalue weighted by atomic mass is 16.2. The average Bonchev–Trinajstić information content (AvgIpc) is 3.15. The van der Waals surface area contributed by atoms with Crippen molar-refractivity contribution in [3.05, 3.63) is 83.7 Å². The van der Waals surface area contributed by atoms with Crippen LogP contribution in [0.25, 0.3) is 5.69 Å². The number of carbonyl (C=O) groups excluding carboxylic acids is 1. The van der Waals surface area contributed by atoms with Crippen LogP contribution in [-0.2, 0) is 4.79 Å². The molecule has 0 saturated carbocycles. The molecule has 4 rings (SSSR count). The zero-order valence-corrected chi connectivity index (χ0v) is 16.0. The predicted molar refractivity (Wildman–Crippen MR) is 109 cm³/mol. The van der Waals surface area contributed by atoms with Gasteiger partial charge in [-0.3, -0.25) is 9.69 Å². The summed E-state index contributed by atoms with van der Waals surface area (Å²) in [7, 11) is 0. The van der Waals surface area contributed by atoms with Crippen LogP contribution in [0.2, 0.25) is 0 Å². The SMILES string of the molecule is Cc1ccc(C2c3cccn3-c3ccccc3N2C(=O)CNC(C)C)cc1. The summed E-state index contributed by atoms with van der Waals surface area (Å²) in [6.07, 6.45) is 2.07. The number of para-hydroxylation sites is 2. The molecule has 1 aliphatic rings. The quantitative estimate of drug-likeness (QED) is 0.757. The molecule has 0 fully saturated rings. The molecular formula is C23H25N3O. The Morgan fingerprint density at radius 1 is 1.00 bits per heavy atom. The Labute approximate surface area is 160 Å². The number of hydrogen-bond acceptors (Lipinski definition) is 2. The molecule has 1 amide bonds. The van der Waals surface area contributed by atoms with E-state index in [0.717, 1.165) is 22.6 Å². The van der Waals surface area contributed by atoms with E-state index in [-0.39, 0.29) is 18.0 Å². The van der Waals surface area contributed by atoms with Crippen LogP contribution >= 0.6 is 0 Å². The highest BCUT2D eigenvalue weighted by Crippen LogP contribution is 2.42. The van der Waals surface area contributed by atoms with Gasteiger partial charge in [0, 0.05) is 12.2 Å². The van der Waals surface area contributed by atoms with E-state index >= 15 is 0 Å². The number of rotatable bonds is 4. The molecule has 1 unspecified atom stereocenters. The fourth-order valence-electron chi connectivity index (χ4n) is 3.70. The summed E-state index contributed by atoms with van der Waals surface area (Å²) in [4.78, 5) is 15.3. The molecule has 3 aromatic rings. The molecule has 0 spiro atoms. The molecule has 0 saturated heterocycles. The third-order valence-electron chi connectivity index (χ3n) is 5.04. The molecule has 0 radical (unpaired) electrons. The van der Waals surface area contributed by atoms with E-state index in [4.69, 9.17) is 0 Å². The first kappa shape index (κ1) is 17.6. The van der Waals surface area contributed by atoms with E-state index in [9.17, 15) is 4.79 Å². The fourth-order valence-corrected chi connectivity index (χ4v) is 3.70. The first-order chi connectivity index (χ1) is 13.1. The van der Waals surface area contributed by atoms with Gasteiger partial charge in [-0.05, 0) is 36.8 Å². The summed E-state index contributed by atoms with van der Waals surface area (Å²) in [5.41, 5.74) is 5.43. The molecule has 1 atom stereocenters. The third kappa shape index (κ3) is 3.17. The second-order valence-corrected chi connectivity index (χ2v) is 7.40. The van der Waals surface area contributed by atoms with E-state index in [0.29, 0.717) is 6.54 Å². The molecule has 138 valence electrons. The minimum atomic E-state index is -0.142. The van der Waals surface area contributed by atoms with Gasteiger partial charge in [0.1, 0.15) is 6.04 Å². The van der Waals surface area contributed by atoms with Gasteiger partial charge in [-0.2, -0.15) is 0 Å². The Kier molecular flexibility index (Phi) is 4.58.